The van der Waals surface area contributed by atoms with Gasteiger partial charge in [0.15, 0.2) is 23.3 Å². The number of Topliss-reactive ketones (excluding diaryl/α,β-unsaturated/α-hetero) is 2. The van der Waals surface area contributed by atoms with E-state index in [-0.39, 0.29) is 47.4 Å². The molecule has 0 aromatic heterocycles. The Morgan fingerprint density at radius 1 is 1.09 bits per heavy atom. The van der Waals surface area contributed by atoms with Crippen LogP contribution in [0.15, 0.2) is 18.2 Å². The Morgan fingerprint density at radius 3 is 2.61 bits per heavy atom. The minimum atomic E-state index is -1.21. The van der Waals surface area contributed by atoms with Gasteiger partial charge in [-0.15, -0.1) is 0 Å². The van der Waals surface area contributed by atoms with Gasteiger partial charge >= 0.3 is 0 Å². The van der Waals surface area contributed by atoms with Crippen molar-refractivity contribution in [2.24, 2.45) is 23.7 Å². The van der Waals surface area contributed by atoms with Crippen molar-refractivity contribution < 1.29 is 19.1 Å². The fraction of sp³-hybridized carbons (Fsp3) is 0.529. The number of benzene rings is 1. The second-order valence-electron chi connectivity index (χ2n) is 7.30. The smallest absolute Gasteiger partial charge is 0.187 e. The first-order valence-electron chi connectivity index (χ1n) is 7.91. The number of carbonyl (C=O) groups is 2. The van der Waals surface area contributed by atoms with Crippen LogP contribution in [0.2, 0.25) is 10.0 Å². The van der Waals surface area contributed by atoms with Crippen LogP contribution in [-0.4, -0.2) is 29.9 Å². The van der Waals surface area contributed by atoms with Gasteiger partial charge in [-0.05, 0) is 36.5 Å². The minimum Gasteiger partial charge on any atom is -0.369 e. The third kappa shape index (κ3) is 1.36. The summed E-state index contributed by atoms with van der Waals surface area (Å²) in [5.41, 5.74) is -0.681. The number of fused-ring (bicyclic) bond motifs is 9. The first-order chi connectivity index (χ1) is 11.0. The number of hydrogen-bond donors (Lipinski definition) is 0. The predicted octanol–water partition coefficient (Wildman–Crippen LogP) is 2.39. The van der Waals surface area contributed by atoms with Crippen LogP contribution in [0, 0.1) is 23.7 Å². The van der Waals surface area contributed by atoms with Gasteiger partial charge in [0.2, 0.25) is 0 Å². The number of hydrogen-bond acceptors (Lipinski definition) is 4. The summed E-state index contributed by atoms with van der Waals surface area (Å²) in [7, 11) is 0. The molecule has 6 heteroatoms. The van der Waals surface area contributed by atoms with Gasteiger partial charge < -0.3 is 9.47 Å². The molecule has 118 valence electrons. The van der Waals surface area contributed by atoms with E-state index in [4.69, 9.17) is 32.7 Å². The second-order valence-corrected chi connectivity index (χ2v) is 8.15. The van der Waals surface area contributed by atoms with Crippen molar-refractivity contribution in [1.29, 1.82) is 0 Å². The van der Waals surface area contributed by atoms with Gasteiger partial charge in [0.25, 0.3) is 0 Å². The first-order valence-corrected chi connectivity index (χ1v) is 8.66. The van der Waals surface area contributed by atoms with E-state index in [1.54, 1.807) is 18.2 Å². The first kappa shape index (κ1) is 13.4. The fourth-order valence-electron chi connectivity index (χ4n) is 5.53. The molecule has 0 N–H and O–H groups in total. The van der Waals surface area contributed by atoms with Crippen molar-refractivity contribution in [2.75, 3.05) is 0 Å². The molecular formula is C17H12Cl2O4. The van der Waals surface area contributed by atoms with E-state index < -0.39 is 11.7 Å². The van der Waals surface area contributed by atoms with Crippen molar-refractivity contribution in [3.8, 4) is 0 Å². The van der Waals surface area contributed by atoms with E-state index in [9.17, 15) is 9.59 Å². The van der Waals surface area contributed by atoms with Crippen molar-refractivity contribution in [1.82, 2.24) is 0 Å². The van der Waals surface area contributed by atoms with E-state index in [2.05, 4.69) is 0 Å². The van der Waals surface area contributed by atoms with Crippen molar-refractivity contribution in [2.45, 2.75) is 30.3 Å². The largest absolute Gasteiger partial charge is 0.369 e. The zero-order chi connectivity index (χ0) is 15.7. The summed E-state index contributed by atoms with van der Waals surface area (Å²) in [6, 6.07) is 4.97. The number of carbonyl (C=O) groups excluding carboxylic acids is 2. The summed E-state index contributed by atoms with van der Waals surface area (Å²) >= 11 is 12.4. The molecule has 5 aliphatic rings. The second kappa shape index (κ2) is 3.83. The third-order valence-electron chi connectivity index (χ3n) is 6.46. The Kier molecular flexibility index (Phi) is 2.22. The molecule has 8 atom stereocenters. The van der Waals surface area contributed by atoms with Crippen molar-refractivity contribution >= 4 is 34.8 Å². The summed E-state index contributed by atoms with van der Waals surface area (Å²) in [5, 5.41) is 0.897. The summed E-state index contributed by atoms with van der Waals surface area (Å²) < 4.78 is 11.4. The van der Waals surface area contributed by atoms with Crippen LogP contribution in [0.1, 0.15) is 12.0 Å². The molecule has 4 nitrogen and oxygen atoms in total. The SMILES string of the molecule is O=C1[C@@H]2[C@H]3C[C@@H]([C@@H]4O[C@H]34)[C@@H]2C(=O)[C@]2(c3cc(Cl)ccc3Cl)O[C@H]12. The highest BCUT2D eigenvalue weighted by molar-refractivity contribution is 6.34. The van der Waals surface area contributed by atoms with Crippen LogP contribution in [0.4, 0.5) is 0 Å². The van der Waals surface area contributed by atoms with E-state index >= 15 is 0 Å². The number of ether oxygens (including phenoxy) is 2. The third-order valence-corrected chi connectivity index (χ3v) is 7.02. The molecule has 6 rings (SSSR count). The number of ketones is 2. The molecule has 0 radical (unpaired) electrons. The molecule has 2 heterocycles. The Morgan fingerprint density at radius 2 is 1.83 bits per heavy atom. The molecule has 23 heavy (non-hydrogen) atoms. The Balaban J connectivity index is 1.50. The Hall–Kier alpha value is -0.940. The van der Waals surface area contributed by atoms with Gasteiger partial charge in [0.1, 0.15) is 0 Å². The lowest BCUT2D eigenvalue weighted by molar-refractivity contribution is -0.140. The molecule has 3 aliphatic carbocycles. The molecule has 1 aromatic rings. The summed E-state index contributed by atoms with van der Waals surface area (Å²) in [6.07, 6.45) is 0.580. The quantitative estimate of drug-likeness (QED) is 0.729. The highest BCUT2D eigenvalue weighted by Gasteiger charge is 2.81. The van der Waals surface area contributed by atoms with Gasteiger partial charge in [0.05, 0.1) is 12.2 Å². The summed E-state index contributed by atoms with van der Waals surface area (Å²) in [5.74, 6) is -0.111. The highest BCUT2D eigenvalue weighted by Crippen LogP contribution is 2.68. The fourth-order valence-corrected chi connectivity index (χ4v) is 5.96. The number of rotatable bonds is 1. The van der Waals surface area contributed by atoms with E-state index in [0.717, 1.165) is 6.42 Å². The molecule has 5 fully saturated rings. The summed E-state index contributed by atoms with van der Waals surface area (Å²) in [4.78, 5) is 26.2. The van der Waals surface area contributed by atoms with Crippen LogP contribution < -0.4 is 0 Å². The molecule has 2 aliphatic heterocycles. The van der Waals surface area contributed by atoms with Crippen LogP contribution in [0.5, 0.6) is 0 Å². The molecule has 3 saturated carbocycles. The van der Waals surface area contributed by atoms with E-state index in [1.807, 2.05) is 0 Å². The van der Waals surface area contributed by atoms with Gasteiger partial charge in [-0.2, -0.15) is 0 Å². The van der Waals surface area contributed by atoms with Crippen molar-refractivity contribution in [3.05, 3.63) is 33.8 Å². The van der Waals surface area contributed by atoms with Gasteiger partial charge in [-0.1, -0.05) is 23.2 Å². The van der Waals surface area contributed by atoms with Crippen LogP contribution >= 0.6 is 23.2 Å². The molecule has 0 amide bonds. The average molecular weight is 351 g/mol. The van der Waals surface area contributed by atoms with E-state index in [0.29, 0.717) is 15.6 Å². The molecular weight excluding hydrogens is 339 g/mol. The maximum absolute atomic E-state index is 13.3. The monoisotopic (exact) mass is 350 g/mol. The lowest BCUT2D eigenvalue weighted by atomic mass is 9.64. The molecule has 2 bridgehead atoms. The van der Waals surface area contributed by atoms with Gasteiger partial charge in [-0.3, -0.25) is 9.59 Å². The lowest BCUT2D eigenvalue weighted by Crippen LogP contribution is -2.50. The van der Waals surface area contributed by atoms with Crippen molar-refractivity contribution in [3.63, 3.8) is 0 Å². The van der Waals surface area contributed by atoms with Gasteiger partial charge in [0, 0.05) is 27.4 Å². The van der Waals surface area contributed by atoms with Gasteiger partial charge in [-0.25, -0.2) is 0 Å². The minimum absolute atomic E-state index is 0.00211. The maximum atomic E-state index is 13.3. The number of epoxide rings is 2. The summed E-state index contributed by atoms with van der Waals surface area (Å²) in [6.45, 7) is 0. The van der Waals surface area contributed by atoms with E-state index in [1.165, 1.54) is 0 Å². The molecule has 2 saturated heterocycles. The predicted molar refractivity (Wildman–Crippen MR) is 80.3 cm³/mol. The molecule has 1 aromatic carbocycles. The highest BCUT2D eigenvalue weighted by atomic mass is 35.5. The topological polar surface area (TPSA) is 59.2 Å². The standard InChI is InChI=1S/C17H12Cl2O4/c18-5-1-2-9(19)8(3-5)17-15(21)11-7-4-6(13-14(7)22-13)10(11)12(20)16(17)23-17/h1-3,6-7,10-11,13-14,16H,4H2/t6-,7-,10-,11+,13-,14+,16-,17+/m1/s1. The Labute approximate surface area is 142 Å². The zero-order valence-corrected chi connectivity index (χ0v) is 13.4. The lowest BCUT2D eigenvalue weighted by Gasteiger charge is -2.32. The number of halogens is 2. The average Bonchev–Trinajstić information content (AvgIpc) is 3.42. The maximum Gasteiger partial charge on any atom is 0.187 e. The normalized spacial score (nSPS) is 51.3. The Bertz CT molecular complexity index is 808. The van der Waals surface area contributed by atoms with Crippen LogP contribution in [0.3, 0.4) is 0 Å². The molecule has 0 spiro atoms. The van der Waals surface area contributed by atoms with Crippen LogP contribution in [0.25, 0.3) is 0 Å². The molecule has 0 unspecified atom stereocenters. The zero-order valence-electron chi connectivity index (χ0n) is 11.9. The van der Waals surface area contributed by atoms with Crippen LogP contribution in [-0.2, 0) is 24.7 Å².